The van der Waals surface area contributed by atoms with Crippen molar-refractivity contribution in [3.8, 4) is 0 Å². The molecule has 0 unspecified atom stereocenters. The molecule has 0 saturated carbocycles. The standard InChI is InChI=1S/Ba.H2O3/c;1-3-2/h;1-2H/q+2;/p-2. The largest absolute Gasteiger partial charge is 2.00 e. The maximum atomic E-state index is 7.88. The van der Waals surface area contributed by atoms with E-state index in [0.717, 1.165) is 0 Å². The molecule has 0 saturated heterocycles. The van der Waals surface area contributed by atoms with Crippen molar-refractivity contribution in [2.45, 2.75) is 0 Å². The molecule has 0 bridgehead atoms. The van der Waals surface area contributed by atoms with Gasteiger partial charge in [0.15, 0.2) is 0 Å². The average Bonchev–Trinajstić information content (AvgIpc) is 0.918. The SMILES string of the molecule is [Ba+2].[O-]O[O-]. The van der Waals surface area contributed by atoms with E-state index >= 15 is 0 Å². The quantitative estimate of drug-likeness (QED) is 0.232. The second-order valence-electron chi connectivity index (χ2n) is 0.0680. The van der Waals surface area contributed by atoms with Gasteiger partial charge in [0.05, 0.1) is 0 Å². The molecule has 0 heterocycles. The zero-order chi connectivity index (χ0) is 2.71. The third kappa shape index (κ3) is 9.85. The molecule has 4 heteroatoms. The van der Waals surface area contributed by atoms with Crippen LogP contribution in [0.4, 0.5) is 0 Å². The predicted molar refractivity (Wildman–Crippen MR) is 6.84 cm³/mol. The Morgan fingerprint density at radius 1 is 1.25 bits per heavy atom. The summed E-state index contributed by atoms with van der Waals surface area (Å²) in [5, 5.41) is 17.5. The molecule has 3 nitrogen and oxygen atoms in total. The van der Waals surface area contributed by atoms with Crippen molar-refractivity contribution in [3.63, 3.8) is 0 Å². The van der Waals surface area contributed by atoms with Gasteiger partial charge in [0.25, 0.3) is 0 Å². The van der Waals surface area contributed by atoms with E-state index in [4.69, 9.17) is 10.5 Å². The number of hydrogen-bond acceptors (Lipinski definition) is 3. The van der Waals surface area contributed by atoms with Crippen molar-refractivity contribution in [2.24, 2.45) is 0 Å². The molecule has 20 valence electrons. The topological polar surface area (TPSA) is 55.3 Å². The first-order chi connectivity index (χ1) is 1.41. The van der Waals surface area contributed by atoms with E-state index in [1.54, 1.807) is 5.04 Å². The van der Waals surface area contributed by atoms with Gasteiger partial charge >= 0.3 is 48.9 Å². The molecule has 0 aliphatic heterocycles. The third-order valence-corrected chi connectivity index (χ3v) is 0. The summed E-state index contributed by atoms with van der Waals surface area (Å²) < 4.78 is 0. The van der Waals surface area contributed by atoms with Crippen LogP contribution >= 0.6 is 0 Å². The van der Waals surface area contributed by atoms with Gasteiger partial charge < -0.3 is 15.6 Å². The van der Waals surface area contributed by atoms with Crippen LogP contribution in [-0.2, 0) is 5.04 Å². The van der Waals surface area contributed by atoms with Crippen LogP contribution in [0.3, 0.4) is 0 Å². The van der Waals surface area contributed by atoms with Crippen molar-refractivity contribution in [1.29, 1.82) is 0 Å². The van der Waals surface area contributed by atoms with Crippen LogP contribution in [0.5, 0.6) is 0 Å². The van der Waals surface area contributed by atoms with Crippen LogP contribution in [0, 0.1) is 0 Å². The van der Waals surface area contributed by atoms with E-state index in [2.05, 4.69) is 0 Å². The van der Waals surface area contributed by atoms with E-state index in [0.29, 0.717) is 0 Å². The van der Waals surface area contributed by atoms with Gasteiger partial charge in [-0.2, -0.15) is 0 Å². The summed E-state index contributed by atoms with van der Waals surface area (Å²) in [4.78, 5) is 0. The Morgan fingerprint density at radius 2 is 1.25 bits per heavy atom. The summed E-state index contributed by atoms with van der Waals surface area (Å²) in [6, 6.07) is 0. The summed E-state index contributed by atoms with van der Waals surface area (Å²) >= 11 is 0. The van der Waals surface area contributed by atoms with Gasteiger partial charge in [-0.1, -0.05) is 0 Å². The fourth-order valence-corrected chi connectivity index (χ4v) is 0. The molecule has 0 amide bonds. The maximum Gasteiger partial charge on any atom is 2.00 e. The van der Waals surface area contributed by atoms with E-state index < -0.39 is 0 Å². The van der Waals surface area contributed by atoms with Crippen molar-refractivity contribution < 1.29 is 15.6 Å². The monoisotopic (exact) mass is 186 g/mol. The first-order valence-electron chi connectivity index (χ1n) is 0.333. The first kappa shape index (κ1) is 9.07. The smallest absolute Gasteiger partial charge is 0.734 e. The second-order valence-corrected chi connectivity index (χ2v) is 0.0680. The molecule has 0 fully saturated rings. The molecule has 0 aromatic carbocycles. The van der Waals surface area contributed by atoms with Crippen LogP contribution in [0.2, 0.25) is 0 Å². The molecule has 0 atom stereocenters. The minimum absolute atomic E-state index is 0. The third-order valence-electron chi connectivity index (χ3n) is 0. The Labute approximate surface area is 63.5 Å². The summed E-state index contributed by atoms with van der Waals surface area (Å²) in [7, 11) is 0. The van der Waals surface area contributed by atoms with Gasteiger partial charge in [-0.3, -0.25) is 0 Å². The zero-order valence-corrected chi connectivity index (χ0v) is 6.37. The first-order valence-corrected chi connectivity index (χ1v) is 0.333. The molecule has 0 radical (unpaired) electrons. The van der Waals surface area contributed by atoms with Gasteiger partial charge in [-0.25, -0.2) is 0 Å². The number of hydrogen-bond donors (Lipinski definition) is 0. The fourth-order valence-electron chi connectivity index (χ4n) is 0. The van der Waals surface area contributed by atoms with E-state index in [9.17, 15) is 0 Å². The minimum atomic E-state index is 0. The van der Waals surface area contributed by atoms with Crippen LogP contribution in [0.1, 0.15) is 0 Å². The molecular weight excluding hydrogens is 185 g/mol. The summed E-state index contributed by atoms with van der Waals surface area (Å²) in [6.07, 6.45) is 0. The Morgan fingerprint density at radius 3 is 1.25 bits per heavy atom. The zero-order valence-electron chi connectivity index (χ0n) is 1.93. The van der Waals surface area contributed by atoms with Crippen LogP contribution < -0.4 is 10.5 Å². The molecule has 0 rings (SSSR count). The molecule has 0 spiro atoms. The summed E-state index contributed by atoms with van der Waals surface area (Å²) in [6.45, 7) is 0. The predicted octanol–water partition coefficient (Wildman–Crippen LogP) is -2.83. The van der Waals surface area contributed by atoms with Gasteiger partial charge in [-0.05, 0) is 0 Å². The second kappa shape index (κ2) is 8.82. The molecule has 4 heavy (non-hydrogen) atoms. The Kier molecular flexibility index (Phi) is 20.0. The van der Waals surface area contributed by atoms with Crippen molar-refractivity contribution >= 4 is 48.9 Å². The van der Waals surface area contributed by atoms with Crippen LogP contribution in [0.15, 0.2) is 0 Å². The van der Waals surface area contributed by atoms with E-state index in [1.807, 2.05) is 0 Å². The minimum Gasteiger partial charge on any atom is -0.734 e. The maximum absolute atomic E-state index is 7.88. The van der Waals surface area contributed by atoms with Gasteiger partial charge in [0.1, 0.15) is 0 Å². The molecule has 0 aliphatic carbocycles. The molecule has 0 aliphatic rings. The Balaban J connectivity index is 0. The van der Waals surface area contributed by atoms with Crippen molar-refractivity contribution in [1.82, 2.24) is 0 Å². The average molecular weight is 185 g/mol. The van der Waals surface area contributed by atoms with E-state index in [-0.39, 0.29) is 48.9 Å². The Hall–Kier alpha value is 1.45. The fraction of sp³-hybridized carbons (Fsp3) is 0. The molecular formula is BaO3. The van der Waals surface area contributed by atoms with Gasteiger partial charge in [0.2, 0.25) is 0 Å². The van der Waals surface area contributed by atoms with Crippen LogP contribution in [-0.4, -0.2) is 48.9 Å². The Bertz CT molecular complexity index is 3.25. The molecule has 0 aromatic rings. The van der Waals surface area contributed by atoms with Crippen molar-refractivity contribution in [2.75, 3.05) is 0 Å². The number of rotatable bonds is 0. The van der Waals surface area contributed by atoms with Crippen molar-refractivity contribution in [3.05, 3.63) is 0 Å². The normalized spacial score (nSPS) is 4.50. The summed E-state index contributed by atoms with van der Waals surface area (Å²) in [5.41, 5.74) is 0. The summed E-state index contributed by atoms with van der Waals surface area (Å²) in [5.74, 6) is 0. The van der Waals surface area contributed by atoms with Crippen LogP contribution in [0.25, 0.3) is 0 Å². The molecule has 0 aromatic heterocycles. The van der Waals surface area contributed by atoms with Gasteiger partial charge in [-0.15, -0.1) is 0 Å². The molecule has 0 N–H and O–H groups in total. The van der Waals surface area contributed by atoms with E-state index in [1.165, 1.54) is 0 Å². The van der Waals surface area contributed by atoms with Gasteiger partial charge in [0, 0.05) is 0 Å².